The van der Waals surface area contributed by atoms with E-state index in [1.807, 2.05) is 30.0 Å². The first-order valence-corrected chi connectivity index (χ1v) is 13.5. The van der Waals surface area contributed by atoms with Crippen molar-refractivity contribution in [1.82, 2.24) is 24.6 Å². The molecular weight excluding hydrogens is 479 g/mol. The summed E-state index contributed by atoms with van der Waals surface area (Å²) in [6.07, 6.45) is 3.03. The summed E-state index contributed by atoms with van der Waals surface area (Å²) in [6.45, 7) is 9.08. The predicted molar refractivity (Wildman–Crippen MR) is 148 cm³/mol. The molecule has 8 heteroatoms. The second-order valence-corrected chi connectivity index (χ2v) is 10.4. The van der Waals surface area contributed by atoms with Crippen LogP contribution >= 0.6 is 0 Å². The van der Waals surface area contributed by atoms with Crippen molar-refractivity contribution >= 4 is 22.8 Å². The van der Waals surface area contributed by atoms with Crippen LogP contribution < -0.4 is 4.90 Å². The zero-order chi connectivity index (χ0) is 26.6. The highest BCUT2D eigenvalue weighted by Gasteiger charge is 2.26. The van der Waals surface area contributed by atoms with Gasteiger partial charge in [0.15, 0.2) is 5.65 Å². The Bertz CT molecular complexity index is 1390. The Hall–Kier alpha value is -3.81. The van der Waals surface area contributed by atoms with Crippen LogP contribution in [-0.2, 0) is 17.6 Å². The first kappa shape index (κ1) is 25.8. The molecule has 4 aromatic rings. The van der Waals surface area contributed by atoms with Gasteiger partial charge < -0.3 is 9.80 Å². The molecule has 1 saturated heterocycles. The number of piperazine rings is 1. The normalized spacial score (nSPS) is 14.0. The smallest absolute Gasteiger partial charge is 0.223 e. The van der Waals surface area contributed by atoms with Crippen molar-refractivity contribution in [1.29, 1.82) is 0 Å². The van der Waals surface area contributed by atoms with Gasteiger partial charge in [-0.1, -0.05) is 44.2 Å². The van der Waals surface area contributed by atoms with E-state index in [4.69, 9.17) is 15.1 Å². The van der Waals surface area contributed by atoms with Gasteiger partial charge in [0.25, 0.3) is 0 Å². The molecule has 0 N–H and O–H groups in total. The van der Waals surface area contributed by atoms with E-state index in [1.54, 1.807) is 16.8 Å². The second-order valence-electron chi connectivity index (χ2n) is 10.4. The Morgan fingerprint density at radius 3 is 2.34 bits per heavy atom. The standard InChI is InChI=1S/C30H35FN6O/c1-21(2)9-15-26-32-29(28-22(3)34-37(30(28)33-26)25-13-11-24(31)12-14-25)36-19-17-35(18-20-36)27(38)16-10-23-7-5-4-6-8-23/h4-8,11-14,21H,9-10,15-20H2,1-3H3. The molecule has 0 atom stereocenters. The SMILES string of the molecule is Cc1nn(-c2ccc(F)cc2)c2nc(CCC(C)C)nc(N3CCN(C(=O)CCc4ccccc4)CC3)c12. The average molecular weight is 515 g/mol. The van der Waals surface area contributed by atoms with Gasteiger partial charge in [-0.05, 0) is 55.5 Å². The third-order valence-corrected chi connectivity index (χ3v) is 7.15. The molecule has 5 rings (SSSR count). The Labute approximate surface area is 223 Å². The molecular formula is C30H35FN6O. The molecule has 0 spiro atoms. The fourth-order valence-corrected chi connectivity index (χ4v) is 4.95. The van der Waals surface area contributed by atoms with E-state index in [0.29, 0.717) is 38.5 Å². The molecule has 0 aliphatic carbocycles. The van der Waals surface area contributed by atoms with Crippen molar-refractivity contribution in [2.24, 2.45) is 5.92 Å². The van der Waals surface area contributed by atoms with Crippen LogP contribution in [0.2, 0.25) is 0 Å². The van der Waals surface area contributed by atoms with E-state index < -0.39 is 0 Å². The number of amides is 1. The van der Waals surface area contributed by atoms with Crippen LogP contribution in [0, 0.1) is 18.7 Å². The lowest BCUT2D eigenvalue weighted by molar-refractivity contribution is -0.131. The van der Waals surface area contributed by atoms with E-state index in [9.17, 15) is 9.18 Å². The van der Waals surface area contributed by atoms with Gasteiger partial charge in [0.2, 0.25) is 5.91 Å². The molecule has 1 amide bonds. The molecule has 7 nitrogen and oxygen atoms in total. The highest BCUT2D eigenvalue weighted by Crippen LogP contribution is 2.30. The molecule has 38 heavy (non-hydrogen) atoms. The number of benzene rings is 2. The lowest BCUT2D eigenvalue weighted by Crippen LogP contribution is -2.49. The van der Waals surface area contributed by atoms with Crippen molar-refractivity contribution in [3.05, 3.63) is 77.5 Å². The lowest BCUT2D eigenvalue weighted by Gasteiger charge is -2.36. The Morgan fingerprint density at radius 2 is 1.66 bits per heavy atom. The van der Waals surface area contributed by atoms with Gasteiger partial charge >= 0.3 is 0 Å². The highest BCUT2D eigenvalue weighted by atomic mass is 19.1. The number of hydrogen-bond acceptors (Lipinski definition) is 5. The summed E-state index contributed by atoms with van der Waals surface area (Å²) in [7, 11) is 0. The van der Waals surface area contributed by atoms with Crippen LogP contribution in [0.15, 0.2) is 54.6 Å². The fourth-order valence-electron chi connectivity index (χ4n) is 4.95. The van der Waals surface area contributed by atoms with Crippen molar-refractivity contribution in [3.8, 4) is 5.69 Å². The maximum absolute atomic E-state index is 13.6. The van der Waals surface area contributed by atoms with Crippen LogP contribution in [0.5, 0.6) is 0 Å². The third kappa shape index (κ3) is 5.69. The number of halogens is 1. The number of aryl methyl sites for hydroxylation is 3. The second kappa shape index (κ2) is 11.3. The minimum Gasteiger partial charge on any atom is -0.352 e. The molecule has 2 aromatic carbocycles. The molecule has 0 bridgehead atoms. The van der Waals surface area contributed by atoms with Crippen LogP contribution in [0.25, 0.3) is 16.7 Å². The van der Waals surface area contributed by atoms with Gasteiger partial charge in [0.05, 0.1) is 16.8 Å². The molecule has 1 fully saturated rings. The summed E-state index contributed by atoms with van der Waals surface area (Å²) in [5.74, 6) is 2.10. The van der Waals surface area contributed by atoms with Gasteiger partial charge in [-0.15, -0.1) is 0 Å². The van der Waals surface area contributed by atoms with Crippen molar-refractivity contribution in [3.63, 3.8) is 0 Å². The molecule has 3 heterocycles. The fraction of sp³-hybridized carbons (Fsp3) is 0.400. The monoisotopic (exact) mass is 514 g/mol. The van der Waals surface area contributed by atoms with Crippen LogP contribution in [0.4, 0.5) is 10.2 Å². The van der Waals surface area contributed by atoms with E-state index in [0.717, 1.165) is 53.3 Å². The highest BCUT2D eigenvalue weighted by molar-refractivity contribution is 5.91. The summed E-state index contributed by atoms with van der Waals surface area (Å²) >= 11 is 0. The van der Waals surface area contributed by atoms with Crippen LogP contribution in [0.3, 0.4) is 0 Å². The number of rotatable bonds is 8. The van der Waals surface area contributed by atoms with Gasteiger partial charge in [-0.3, -0.25) is 4.79 Å². The van der Waals surface area contributed by atoms with Crippen LogP contribution in [-0.4, -0.2) is 56.7 Å². The van der Waals surface area contributed by atoms with Gasteiger partial charge in [0, 0.05) is 39.0 Å². The number of aromatic nitrogens is 4. The molecule has 1 aliphatic rings. The third-order valence-electron chi connectivity index (χ3n) is 7.15. The zero-order valence-electron chi connectivity index (χ0n) is 22.4. The van der Waals surface area contributed by atoms with Gasteiger partial charge in [-0.2, -0.15) is 5.10 Å². The molecule has 0 unspecified atom stereocenters. The summed E-state index contributed by atoms with van der Waals surface area (Å²) < 4.78 is 15.4. The van der Waals surface area contributed by atoms with E-state index in [-0.39, 0.29) is 11.7 Å². The Balaban J connectivity index is 1.39. The topological polar surface area (TPSA) is 67.2 Å². The number of hydrogen-bond donors (Lipinski definition) is 0. The number of fused-ring (bicyclic) bond motifs is 1. The number of nitrogens with zero attached hydrogens (tertiary/aromatic N) is 6. The minimum absolute atomic E-state index is 0.194. The first-order chi connectivity index (χ1) is 18.4. The molecule has 0 saturated carbocycles. The summed E-state index contributed by atoms with van der Waals surface area (Å²) in [6, 6.07) is 16.5. The maximum atomic E-state index is 13.6. The lowest BCUT2D eigenvalue weighted by atomic mass is 10.1. The summed E-state index contributed by atoms with van der Waals surface area (Å²) in [5, 5.41) is 5.69. The van der Waals surface area contributed by atoms with Crippen molar-refractivity contribution in [2.45, 2.75) is 46.5 Å². The Morgan fingerprint density at radius 1 is 0.947 bits per heavy atom. The molecule has 0 radical (unpaired) electrons. The van der Waals surface area contributed by atoms with E-state index in [1.165, 1.54) is 17.7 Å². The van der Waals surface area contributed by atoms with Gasteiger partial charge in [0.1, 0.15) is 17.5 Å². The quantitative estimate of drug-likeness (QED) is 0.326. The largest absolute Gasteiger partial charge is 0.352 e. The van der Waals surface area contributed by atoms with Crippen LogP contribution in [0.1, 0.15) is 43.8 Å². The maximum Gasteiger partial charge on any atom is 0.223 e. The molecule has 198 valence electrons. The number of anilines is 1. The average Bonchev–Trinajstić information content (AvgIpc) is 3.27. The Kier molecular flexibility index (Phi) is 7.67. The summed E-state index contributed by atoms with van der Waals surface area (Å²) in [5.41, 5.74) is 3.51. The number of carbonyl (C=O) groups is 1. The first-order valence-electron chi connectivity index (χ1n) is 13.5. The van der Waals surface area contributed by atoms with E-state index >= 15 is 0 Å². The number of carbonyl (C=O) groups excluding carboxylic acids is 1. The van der Waals surface area contributed by atoms with Crippen molar-refractivity contribution < 1.29 is 9.18 Å². The minimum atomic E-state index is -0.286. The van der Waals surface area contributed by atoms with Crippen molar-refractivity contribution in [2.75, 3.05) is 31.1 Å². The van der Waals surface area contributed by atoms with Gasteiger partial charge in [-0.25, -0.2) is 19.0 Å². The zero-order valence-corrected chi connectivity index (χ0v) is 22.4. The predicted octanol–water partition coefficient (Wildman–Crippen LogP) is 5.13. The molecule has 1 aliphatic heterocycles. The molecule has 2 aromatic heterocycles. The summed E-state index contributed by atoms with van der Waals surface area (Å²) in [4.78, 5) is 27.1. The van der Waals surface area contributed by atoms with E-state index in [2.05, 4.69) is 30.9 Å².